The molecule has 0 heterocycles. The van der Waals surface area contributed by atoms with Crippen LogP contribution in [-0.2, 0) is 0 Å². The van der Waals surface area contributed by atoms with Crippen molar-refractivity contribution in [2.24, 2.45) is 0 Å². The fraction of sp³-hybridized carbons (Fsp3) is 0.900. The summed E-state index contributed by atoms with van der Waals surface area (Å²) in [5.41, 5.74) is 0. The van der Waals surface area contributed by atoms with E-state index in [0.29, 0.717) is 0 Å². The van der Waals surface area contributed by atoms with Crippen molar-refractivity contribution in [3.05, 3.63) is 0 Å². The van der Waals surface area contributed by atoms with Crippen LogP contribution in [-0.4, -0.2) is 30.9 Å². The van der Waals surface area contributed by atoms with Gasteiger partial charge in [-0.05, 0) is 19.3 Å². The summed E-state index contributed by atoms with van der Waals surface area (Å²) in [6.07, 6.45) is 1.90. The number of hydrogen-bond donors (Lipinski definition) is 2. The number of quaternary nitrogens is 1. The summed E-state index contributed by atoms with van der Waals surface area (Å²) in [6, 6.07) is 0. The highest BCUT2D eigenvalue weighted by Crippen LogP contribution is 1.71. The number of carbonyl (C=O) groups is 1. The molecule has 0 atom stereocenters. The van der Waals surface area contributed by atoms with E-state index in [0.717, 1.165) is 0 Å². The summed E-state index contributed by atoms with van der Waals surface area (Å²) in [5.74, 6) is 0. The molecule has 4 nitrogen and oxygen atoms in total. The van der Waals surface area contributed by atoms with Gasteiger partial charge in [-0.3, -0.25) is 0 Å². The third-order valence-electron chi connectivity index (χ3n) is 1.81. The fourth-order valence-electron chi connectivity index (χ4n) is 1.44. The largest absolute Gasteiger partial charge is 0.565 e. The van der Waals surface area contributed by atoms with Gasteiger partial charge in [-0.2, -0.15) is 0 Å². The first-order chi connectivity index (χ1) is 6.58. The van der Waals surface area contributed by atoms with Gasteiger partial charge in [0.2, 0.25) is 6.16 Å². The average Bonchev–Trinajstić information content (AvgIpc) is 2.04. The highest BCUT2D eigenvalue weighted by atomic mass is 16.6. The molecule has 14 heavy (non-hydrogen) atoms. The second-order valence-corrected chi connectivity index (χ2v) is 3.27. The number of hydrogen-bond acceptors (Lipinski definition) is 2. The van der Waals surface area contributed by atoms with E-state index in [1.165, 1.54) is 38.9 Å². The van der Waals surface area contributed by atoms with Crippen LogP contribution in [0.5, 0.6) is 0 Å². The first-order valence-corrected chi connectivity index (χ1v) is 5.31. The Bertz CT molecular complexity index is 110. The third-order valence-corrected chi connectivity index (χ3v) is 1.81. The van der Waals surface area contributed by atoms with Gasteiger partial charge in [-0.1, -0.05) is 20.8 Å². The lowest BCUT2D eigenvalue weighted by atomic mass is 10.3. The normalized spacial score (nSPS) is 9.43. The molecule has 0 saturated carbocycles. The van der Waals surface area contributed by atoms with Gasteiger partial charge < -0.3 is 19.9 Å². The SMILES string of the molecule is CCC[NH+](CCC)CCC.O=C([O-])O. The number of nitrogens with one attached hydrogen (secondary N) is 1. The van der Waals surface area contributed by atoms with Crippen molar-refractivity contribution >= 4 is 6.16 Å². The summed E-state index contributed by atoms with van der Waals surface area (Å²) in [6.45, 7) is 10.9. The quantitative estimate of drug-likeness (QED) is 0.641. The predicted molar refractivity (Wildman–Crippen MR) is 54.5 cm³/mol. The molecule has 2 N–H and O–H groups in total. The monoisotopic (exact) mass is 205 g/mol. The average molecular weight is 205 g/mol. The minimum absolute atomic E-state index is 1.33. The van der Waals surface area contributed by atoms with Crippen LogP contribution in [0.1, 0.15) is 40.0 Å². The second-order valence-electron chi connectivity index (χ2n) is 3.27. The van der Waals surface area contributed by atoms with E-state index < -0.39 is 6.16 Å². The molecule has 0 aliphatic carbocycles. The molecular formula is C10H23NO3. The maximum absolute atomic E-state index is 8.44. The van der Waals surface area contributed by atoms with Crippen LogP contribution >= 0.6 is 0 Å². The Morgan fingerprint density at radius 2 is 1.29 bits per heavy atom. The van der Waals surface area contributed by atoms with Crippen LogP contribution in [0.4, 0.5) is 4.79 Å². The summed E-state index contributed by atoms with van der Waals surface area (Å²) in [4.78, 5) is 10.2. The van der Waals surface area contributed by atoms with E-state index in [-0.39, 0.29) is 0 Å². The Hall–Kier alpha value is -0.770. The molecule has 0 saturated heterocycles. The zero-order valence-corrected chi connectivity index (χ0v) is 9.51. The van der Waals surface area contributed by atoms with Crippen molar-refractivity contribution in [2.45, 2.75) is 40.0 Å². The van der Waals surface area contributed by atoms with Crippen LogP contribution < -0.4 is 10.0 Å². The maximum atomic E-state index is 8.44. The van der Waals surface area contributed by atoms with Crippen molar-refractivity contribution in [1.82, 2.24) is 0 Å². The van der Waals surface area contributed by atoms with E-state index in [4.69, 9.17) is 15.0 Å². The molecule has 0 aliphatic rings. The van der Waals surface area contributed by atoms with Crippen molar-refractivity contribution in [3.63, 3.8) is 0 Å². The minimum Gasteiger partial charge on any atom is -0.565 e. The minimum atomic E-state index is -2.08. The smallest absolute Gasteiger partial charge is 0.249 e. The summed E-state index contributed by atoms with van der Waals surface area (Å²) >= 11 is 0. The van der Waals surface area contributed by atoms with Crippen molar-refractivity contribution in [3.8, 4) is 0 Å². The zero-order chi connectivity index (χ0) is 11.4. The maximum Gasteiger partial charge on any atom is 0.249 e. The van der Waals surface area contributed by atoms with Crippen LogP contribution in [0.15, 0.2) is 0 Å². The molecule has 0 aromatic carbocycles. The van der Waals surface area contributed by atoms with Crippen LogP contribution in [0.3, 0.4) is 0 Å². The van der Waals surface area contributed by atoms with Crippen LogP contribution in [0.2, 0.25) is 0 Å². The molecule has 86 valence electrons. The predicted octanol–water partition coefficient (Wildman–Crippen LogP) is -0.0110. The molecule has 0 spiro atoms. The standard InChI is InChI=1S/C9H21N.CH2O3/c1-4-7-10(8-5-2)9-6-3;2-1(3)4/h4-9H2,1-3H3;(H2,2,3,4). The summed E-state index contributed by atoms with van der Waals surface area (Å²) in [5, 5.41) is 15.3. The van der Waals surface area contributed by atoms with E-state index >= 15 is 0 Å². The first-order valence-electron chi connectivity index (χ1n) is 5.31. The van der Waals surface area contributed by atoms with Crippen molar-refractivity contribution in [1.29, 1.82) is 0 Å². The Morgan fingerprint density at radius 1 is 1.07 bits per heavy atom. The Labute approximate surface area is 86.5 Å². The molecule has 0 aromatic rings. The van der Waals surface area contributed by atoms with Crippen molar-refractivity contribution in [2.75, 3.05) is 19.6 Å². The van der Waals surface area contributed by atoms with Crippen LogP contribution in [0, 0.1) is 0 Å². The fourth-order valence-corrected chi connectivity index (χ4v) is 1.44. The second kappa shape index (κ2) is 12.2. The topological polar surface area (TPSA) is 64.8 Å². The lowest BCUT2D eigenvalue weighted by molar-refractivity contribution is -0.900. The van der Waals surface area contributed by atoms with E-state index in [9.17, 15) is 0 Å². The van der Waals surface area contributed by atoms with Gasteiger partial charge in [-0.15, -0.1) is 0 Å². The van der Waals surface area contributed by atoms with E-state index in [2.05, 4.69) is 20.8 Å². The lowest BCUT2D eigenvalue weighted by Gasteiger charge is -2.16. The summed E-state index contributed by atoms with van der Waals surface area (Å²) in [7, 11) is 0. The third kappa shape index (κ3) is 17.4. The highest BCUT2D eigenvalue weighted by Gasteiger charge is 2.01. The van der Waals surface area contributed by atoms with Crippen LogP contribution in [0.25, 0.3) is 0 Å². The van der Waals surface area contributed by atoms with Crippen molar-refractivity contribution < 1.29 is 19.9 Å². The lowest BCUT2D eigenvalue weighted by Crippen LogP contribution is -3.11. The molecule has 0 aromatic heterocycles. The molecule has 0 fully saturated rings. The van der Waals surface area contributed by atoms with Gasteiger partial charge in [-0.25, -0.2) is 0 Å². The van der Waals surface area contributed by atoms with E-state index in [1.54, 1.807) is 4.90 Å². The van der Waals surface area contributed by atoms with Gasteiger partial charge >= 0.3 is 0 Å². The molecule has 0 rings (SSSR count). The van der Waals surface area contributed by atoms with Gasteiger partial charge in [0.15, 0.2) is 0 Å². The van der Waals surface area contributed by atoms with Gasteiger partial charge in [0.1, 0.15) is 0 Å². The molecule has 0 bridgehead atoms. The Balaban J connectivity index is 0. The molecule has 0 amide bonds. The molecule has 4 heteroatoms. The zero-order valence-electron chi connectivity index (χ0n) is 9.51. The van der Waals surface area contributed by atoms with Gasteiger partial charge in [0.25, 0.3) is 0 Å². The first kappa shape index (κ1) is 15.7. The number of rotatable bonds is 6. The van der Waals surface area contributed by atoms with Gasteiger partial charge in [0, 0.05) is 0 Å². The molecule has 0 unspecified atom stereocenters. The molecular weight excluding hydrogens is 182 g/mol. The Morgan fingerprint density at radius 3 is 1.43 bits per heavy atom. The highest BCUT2D eigenvalue weighted by molar-refractivity contribution is 5.50. The molecule has 0 radical (unpaired) electrons. The Kier molecular flexibility index (Phi) is 13.7. The van der Waals surface area contributed by atoms with E-state index in [1.807, 2.05) is 0 Å². The summed E-state index contributed by atoms with van der Waals surface area (Å²) < 4.78 is 0. The van der Waals surface area contributed by atoms with Gasteiger partial charge in [0.05, 0.1) is 19.6 Å². The number of carboxylic acid groups (broad SMARTS) is 2. The molecule has 0 aliphatic heterocycles.